The fraction of sp³-hybridized carbons (Fsp3) is 0.625. The second-order valence-electron chi connectivity index (χ2n) is 6.31. The van der Waals surface area contributed by atoms with Crippen LogP contribution in [0.2, 0.25) is 0 Å². The van der Waals surface area contributed by atoms with Gasteiger partial charge in [0.15, 0.2) is 0 Å². The van der Waals surface area contributed by atoms with E-state index in [-0.39, 0.29) is 11.9 Å². The number of nitrogens with zero attached hydrogens (tertiary/aromatic N) is 6. The van der Waals surface area contributed by atoms with Gasteiger partial charge in [-0.05, 0) is 38.7 Å². The van der Waals surface area contributed by atoms with Crippen molar-refractivity contribution < 1.29 is 4.79 Å². The van der Waals surface area contributed by atoms with Crippen molar-refractivity contribution in [2.75, 3.05) is 13.1 Å². The number of aromatic nitrogens is 5. The Bertz CT molecular complexity index is 689. The Labute approximate surface area is 136 Å². The summed E-state index contributed by atoms with van der Waals surface area (Å²) in [5.74, 6) is 1.94. The van der Waals surface area contributed by atoms with Crippen LogP contribution in [-0.2, 0) is 18.3 Å². The van der Waals surface area contributed by atoms with Gasteiger partial charge in [-0.15, -0.1) is 0 Å². The number of hydrogen-bond donors (Lipinski definition) is 0. The van der Waals surface area contributed by atoms with Crippen LogP contribution in [0.1, 0.15) is 42.5 Å². The Kier molecular flexibility index (Phi) is 4.45. The zero-order valence-corrected chi connectivity index (χ0v) is 14.1. The first-order chi connectivity index (χ1) is 11.0. The topological polar surface area (TPSA) is 68.8 Å². The number of likely N-dealkylation sites (tertiary alicyclic amines) is 1. The molecule has 0 N–H and O–H groups in total. The van der Waals surface area contributed by atoms with Gasteiger partial charge < -0.3 is 4.90 Å². The molecular weight excluding hydrogens is 292 g/mol. The Balaban J connectivity index is 1.59. The maximum atomic E-state index is 12.5. The van der Waals surface area contributed by atoms with Crippen molar-refractivity contribution in [1.29, 1.82) is 0 Å². The van der Waals surface area contributed by atoms with Crippen LogP contribution in [0, 0.1) is 13.8 Å². The zero-order chi connectivity index (χ0) is 16.4. The van der Waals surface area contributed by atoms with E-state index >= 15 is 0 Å². The third-order valence-electron chi connectivity index (χ3n) is 4.39. The molecule has 23 heavy (non-hydrogen) atoms. The first kappa shape index (κ1) is 15.7. The molecule has 0 bridgehead atoms. The van der Waals surface area contributed by atoms with Gasteiger partial charge in [-0.25, -0.2) is 9.67 Å². The van der Waals surface area contributed by atoms with Gasteiger partial charge in [-0.2, -0.15) is 10.2 Å². The minimum Gasteiger partial charge on any atom is -0.341 e. The monoisotopic (exact) mass is 316 g/mol. The van der Waals surface area contributed by atoms with Gasteiger partial charge in [0.25, 0.3) is 0 Å². The molecule has 0 radical (unpaired) electrons. The fourth-order valence-corrected chi connectivity index (χ4v) is 3.27. The van der Waals surface area contributed by atoms with Crippen LogP contribution in [0.15, 0.2) is 12.4 Å². The summed E-state index contributed by atoms with van der Waals surface area (Å²) in [4.78, 5) is 18.8. The van der Waals surface area contributed by atoms with Crippen molar-refractivity contribution in [1.82, 2.24) is 29.4 Å². The highest BCUT2D eigenvalue weighted by molar-refractivity contribution is 5.76. The minimum absolute atomic E-state index is 0.216. The van der Waals surface area contributed by atoms with E-state index in [9.17, 15) is 4.79 Å². The number of carbonyl (C=O) groups excluding carboxylic acids is 1. The van der Waals surface area contributed by atoms with Crippen molar-refractivity contribution >= 4 is 5.91 Å². The van der Waals surface area contributed by atoms with Crippen LogP contribution in [0.25, 0.3) is 0 Å². The molecule has 7 nitrogen and oxygen atoms in total. The molecule has 7 heteroatoms. The van der Waals surface area contributed by atoms with Crippen molar-refractivity contribution in [3.05, 3.63) is 29.6 Å². The quantitative estimate of drug-likeness (QED) is 0.855. The summed E-state index contributed by atoms with van der Waals surface area (Å²) in [5, 5.41) is 8.62. The van der Waals surface area contributed by atoms with Gasteiger partial charge in [-0.1, -0.05) is 0 Å². The largest absolute Gasteiger partial charge is 0.341 e. The summed E-state index contributed by atoms with van der Waals surface area (Å²) in [6.45, 7) is 5.46. The summed E-state index contributed by atoms with van der Waals surface area (Å²) in [6.07, 6.45) is 7.14. The SMILES string of the molecule is Cc1nc(C)n([C@@H]2CCCN(C(=O)CCc3cnn(C)c3)C2)n1. The number of rotatable bonds is 4. The molecule has 124 valence electrons. The van der Waals surface area contributed by atoms with Gasteiger partial charge in [0.2, 0.25) is 5.91 Å². The standard InChI is InChI=1S/C16H24N6O/c1-12-18-13(2)22(19-12)15-5-4-8-21(11-15)16(23)7-6-14-9-17-20(3)10-14/h9-10,15H,4-8,11H2,1-3H3/t15-/m1/s1. The summed E-state index contributed by atoms with van der Waals surface area (Å²) in [5.41, 5.74) is 1.11. The average Bonchev–Trinajstić information content (AvgIpc) is 3.10. The molecule has 0 unspecified atom stereocenters. The van der Waals surface area contributed by atoms with Crippen molar-refractivity contribution in [3.63, 3.8) is 0 Å². The lowest BCUT2D eigenvalue weighted by Gasteiger charge is -2.33. The zero-order valence-electron chi connectivity index (χ0n) is 14.1. The van der Waals surface area contributed by atoms with E-state index in [0.717, 1.165) is 49.6 Å². The molecule has 3 rings (SSSR count). The van der Waals surface area contributed by atoms with Gasteiger partial charge in [0.05, 0.1) is 12.2 Å². The summed E-state index contributed by atoms with van der Waals surface area (Å²) >= 11 is 0. The van der Waals surface area contributed by atoms with Gasteiger partial charge in [0.1, 0.15) is 11.6 Å². The van der Waals surface area contributed by atoms with E-state index in [1.165, 1.54) is 0 Å². The highest BCUT2D eigenvalue weighted by Crippen LogP contribution is 2.22. The molecule has 1 saturated heterocycles. The van der Waals surface area contributed by atoms with Crippen LogP contribution >= 0.6 is 0 Å². The Morgan fingerprint density at radius 3 is 2.87 bits per heavy atom. The van der Waals surface area contributed by atoms with Gasteiger partial charge in [-0.3, -0.25) is 9.48 Å². The predicted molar refractivity (Wildman–Crippen MR) is 85.9 cm³/mol. The molecule has 2 aromatic rings. The van der Waals surface area contributed by atoms with Gasteiger partial charge >= 0.3 is 0 Å². The van der Waals surface area contributed by atoms with E-state index in [0.29, 0.717) is 6.42 Å². The molecular formula is C16H24N6O. The van der Waals surface area contributed by atoms with Crippen LogP contribution < -0.4 is 0 Å². The first-order valence-electron chi connectivity index (χ1n) is 8.18. The number of aryl methyl sites for hydroxylation is 4. The van der Waals surface area contributed by atoms with E-state index in [2.05, 4.69) is 15.2 Å². The van der Waals surface area contributed by atoms with E-state index < -0.39 is 0 Å². The number of piperidine rings is 1. The summed E-state index contributed by atoms with van der Waals surface area (Å²) in [7, 11) is 1.89. The number of amides is 1. The normalized spacial score (nSPS) is 18.4. The summed E-state index contributed by atoms with van der Waals surface area (Å²) < 4.78 is 3.75. The van der Waals surface area contributed by atoms with Crippen molar-refractivity contribution in [2.45, 2.75) is 45.6 Å². The lowest BCUT2D eigenvalue weighted by Crippen LogP contribution is -2.41. The van der Waals surface area contributed by atoms with Gasteiger partial charge in [0, 0.05) is 32.8 Å². The first-order valence-corrected chi connectivity index (χ1v) is 8.18. The molecule has 1 aliphatic heterocycles. The molecule has 0 spiro atoms. The Hall–Kier alpha value is -2.18. The predicted octanol–water partition coefficient (Wildman–Crippen LogP) is 1.42. The van der Waals surface area contributed by atoms with Crippen molar-refractivity contribution in [3.8, 4) is 0 Å². The molecule has 0 aromatic carbocycles. The highest BCUT2D eigenvalue weighted by atomic mass is 16.2. The second kappa shape index (κ2) is 6.52. The van der Waals surface area contributed by atoms with Crippen LogP contribution in [0.4, 0.5) is 0 Å². The van der Waals surface area contributed by atoms with E-state index in [4.69, 9.17) is 0 Å². The van der Waals surface area contributed by atoms with E-state index in [1.54, 1.807) is 4.68 Å². The molecule has 1 atom stereocenters. The van der Waals surface area contributed by atoms with E-state index in [1.807, 2.05) is 42.9 Å². The highest BCUT2D eigenvalue weighted by Gasteiger charge is 2.26. The molecule has 1 aliphatic rings. The molecule has 2 aromatic heterocycles. The Morgan fingerprint density at radius 2 is 2.22 bits per heavy atom. The maximum Gasteiger partial charge on any atom is 0.222 e. The average molecular weight is 316 g/mol. The maximum absolute atomic E-state index is 12.5. The van der Waals surface area contributed by atoms with Crippen molar-refractivity contribution in [2.24, 2.45) is 7.05 Å². The molecule has 0 aliphatic carbocycles. The second-order valence-corrected chi connectivity index (χ2v) is 6.31. The van der Waals surface area contributed by atoms with Crippen LogP contribution in [0.5, 0.6) is 0 Å². The molecule has 0 saturated carbocycles. The number of hydrogen-bond acceptors (Lipinski definition) is 4. The summed E-state index contributed by atoms with van der Waals surface area (Å²) in [6, 6.07) is 0.243. The molecule has 1 amide bonds. The lowest BCUT2D eigenvalue weighted by molar-refractivity contribution is -0.132. The molecule has 1 fully saturated rings. The van der Waals surface area contributed by atoms with Crippen LogP contribution in [0.3, 0.4) is 0 Å². The van der Waals surface area contributed by atoms with Crippen LogP contribution in [-0.4, -0.2) is 48.4 Å². The Morgan fingerprint density at radius 1 is 1.39 bits per heavy atom. The molecule has 3 heterocycles. The third kappa shape index (κ3) is 3.60. The fourth-order valence-electron chi connectivity index (χ4n) is 3.27. The number of carbonyl (C=O) groups is 1. The lowest BCUT2D eigenvalue weighted by atomic mass is 10.0. The minimum atomic E-state index is 0.216. The smallest absolute Gasteiger partial charge is 0.222 e. The third-order valence-corrected chi connectivity index (χ3v) is 4.39.